The molecule has 1 heterocycles. The van der Waals surface area contributed by atoms with E-state index in [9.17, 15) is 5.21 Å². The molecule has 0 atom stereocenters. The fourth-order valence-corrected chi connectivity index (χ4v) is 3.00. The molecular weight excluding hydrogens is 377 g/mol. The Bertz CT molecular complexity index is 802. The molecule has 0 saturated heterocycles. The maximum atomic E-state index is 12.3. The van der Waals surface area contributed by atoms with E-state index in [1.54, 1.807) is 6.20 Å². The Morgan fingerprint density at radius 3 is 2.76 bits per heavy atom. The molecule has 3 aromatic rings. The van der Waals surface area contributed by atoms with Crippen LogP contribution in [-0.2, 0) is 0 Å². The van der Waals surface area contributed by atoms with Gasteiger partial charge in [-0.1, -0.05) is 18.2 Å². The van der Waals surface area contributed by atoms with Gasteiger partial charge in [0.1, 0.15) is 5.75 Å². The highest BCUT2D eigenvalue weighted by molar-refractivity contribution is 14.1. The summed E-state index contributed by atoms with van der Waals surface area (Å²) >= 11 is 2.25. The number of nitrogens with zero attached hydrogens (tertiary/aromatic N) is 1. The van der Waals surface area contributed by atoms with Crippen LogP contribution in [0.4, 0.5) is 0 Å². The Hall–Kier alpha value is -1.82. The van der Waals surface area contributed by atoms with Crippen molar-refractivity contribution in [1.82, 2.24) is 0 Å². The van der Waals surface area contributed by atoms with Gasteiger partial charge in [-0.2, -0.15) is 4.73 Å². The third-order valence-corrected chi connectivity index (χ3v) is 4.27. The van der Waals surface area contributed by atoms with E-state index >= 15 is 0 Å². The zero-order valence-corrected chi connectivity index (χ0v) is 13.7. The van der Waals surface area contributed by atoms with Crippen LogP contribution in [0.25, 0.3) is 22.0 Å². The maximum Gasteiger partial charge on any atom is 0.232 e. The zero-order chi connectivity index (χ0) is 14.8. The Morgan fingerprint density at radius 2 is 1.95 bits per heavy atom. The zero-order valence-electron chi connectivity index (χ0n) is 11.5. The highest BCUT2D eigenvalue weighted by Crippen LogP contribution is 2.31. The lowest BCUT2D eigenvalue weighted by molar-refractivity contribution is -0.592. The molecule has 0 aliphatic carbocycles. The Kier molecular flexibility index (Phi) is 3.96. The molecule has 0 unspecified atom stereocenters. The minimum absolute atomic E-state index is 0.604. The fourth-order valence-electron chi connectivity index (χ4n) is 2.41. The second-order valence-electron chi connectivity index (χ2n) is 4.65. The van der Waals surface area contributed by atoms with E-state index in [0.29, 0.717) is 12.3 Å². The number of hydrogen-bond donors (Lipinski definition) is 0. The Morgan fingerprint density at radius 1 is 1.14 bits per heavy atom. The summed E-state index contributed by atoms with van der Waals surface area (Å²) in [4.78, 5) is 0. The summed E-state index contributed by atoms with van der Waals surface area (Å²) in [6.45, 7) is 2.55. The molecule has 4 heteroatoms. The number of aromatic nitrogens is 1. The average molecular weight is 391 g/mol. The topological polar surface area (TPSA) is 36.2 Å². The number of fused-ring (bicyclic) bond motifs is 1. The second-order valence-corrected chi connectivity index (χ2v) is 5.81. The molecule has 0 amide bonds. The third-order valence-electron chi connectivity index (χ3n) is 3.33. The molecule has 0 N–H and O–H groups in total. The van der Waals surface area contributed by atoms with Crippen LogP contribution in [0.3, 0.4) is 0 Å². The predicted octanol–water partition coefficient (Wildman–Crippen LogP) is 4.14. The van der Waals surface area contributed by atoms with Crippen molar-refractivity contribution in [1.29, 1.82) is 0 Å². The molecule has 3 rings (SSSR count). The molecule has 21 heavy (non-hydrogen) atoms. The van der Waals surface area contributed by atoms with Gasteiger partial charge < -0.3 is 9.94 Å². The van der Waals surface area contributed by atoms with Crippen molar-refractivity contribution < 1.29 is 9.47 Å². The molecule has 0 aliphatic heterocycles. The van der Waals surface area contributed by atoms with Crippen LogP contribution in [0.5, 0.6) is 5.75 Å². The van der Waals surface area contributed by atoms with Gasteiger partial charge in [-0.3, -0.25) is 0 Å². The van der Waals surface area contributed by atoms with E-state index in [-0.39, 0.29) is 0 Å². The van der Waals surface area contributed by atoms with Gasteiger partial charge in [-0.25, -0.2) is 0 Å². The van der Waals surface area contributed by atoms with Gasteiger partial charge in [-0.05, 0) is 59.2 Å². The number of hydrogen-bond acceptors (Lipinski definition) is 2. The highest BCUT2D eigenvalue weighted by atomic mass is 127. The molecule has 0 bridgehead atoms. The van der Waals surface area contributed by atoms with Crippen LogP contribution in [0.2, 0.25) is 0 Å². The number of rotatable bonds is 3. The first-order chi connectivity index (χ1) is 10.2. The molecule has 3 nitrogen and oxygen atoms in total. The normalized spacial score (nSPS) is 10.8. The maximum absolute atomic E-state index is 12.3. The van der Waals surface area contributed by atoms with Gasteiger partial charge in [0.2, 0.25) is 5.69 Å². The molecule has 0 radical (unpaired) electrons. The van der Waals surface area contributed by atoms with E-state index in [1.807, 2.05) is 55.5 Å². The largest absolute Gasteiger partial charge is 0.618 e. The lowest BCUT2D eigenvalue weighted by atomic mass is 10.0. The summed E-state index contributed by atoms with van der Waals surface area (Å²) in [6, 6.07) is 15.6. The van der Waals surface area contributed by atoms with Gasteiger partial charge in [0.15, 0.2) is 6.20 Å². The smallest absolute Gasteiger partial charge is 0.232 e. The van der Waals surface area contributed by atoms with E-state index in [1.165, 1.54) is 0 Å². The van der Waals surface area contributed by atoms with Gasteiger partial charge >= 0.3 is 0 Å². The van der Waals surface area contributed by atoms with Crippen molar-refractivity contribution in [2.75, 3.05) is 6.61 Å². The van der Waals surface area contributed by atoms with E-state index in [2.05, 4.69) is 22.6 Å². The van der Waals surface area contributed by atoms with Crippen LogP contribution in [0.15, 0.2) is 54.7 Å². The lowest BCUT2D eigenvalue weighted by Crippen LogP contribution is -2.28. The monoisotopic (exact) mass is 391 g/mol. The molecule has 0 aliphatic rings. The average Bonchev–Trinajstić information content (AvgIpc) is 2.50. The van der Waals surface area contributed by atoms with E-state index in [4.69, 9.17) is 4.74 Å². The molecule has 0 fully saturated rings. The van der Waals surface area contributed by atoms with Gasteiger partial charge in [0.25, 0.3) is 0 Å². The van der Waals surface area contributed by atoms with Gasteiger partial charge in [0, 0.05) is 9.64 Å². The van der Waals surface area contributed by atoms with Crippen molar-refractivity contribution in [3.63, 3.8) is 0 Å². The number of pyridine rings is 1. The molecule has 1 aromatic heterocycles. The summed E-state index contributed by atoms with van der Waals surface area (Å²) in [7, 11) is 0. The molecular formula is C17H14INO2. The van der Waals surface area contributed by atoms with Gasteiger partial charge in [-0.15, -0.1) is 0 Å². The first-order valence-corrected chi connectivity index (χ1v) is 7.82. The quantitative estimate of drug-likeness (QED) is 0.382. The van der Waals surface area contributed by atoms with Crippen molar-refractivity contribution >= 4 is 33.4 Å². The van der Waals surface area contributed by atoms with Crippen LogP contribution in [-0.4, -0.2) is 6.61 Å². The summed E-state index contributed by atoms with van der Waals surface area (Å²) < 4.78 is 7.51. The van der Waals surface area contributed by atoms with E-state index in [0.717, 1.165) is 30.4 Å². The number of benzene rings is 2. The Labute approximate surface area is 136 Å². The SMILES string of the molecule is CCOc1ccc(I)c(-c2c3ccccc3cc[n+]2[O-])c1. The molecule has 2 aromatic carbocycles. The highest BCUT2D eigenvalue weighted by Gasteiger charge is 2.17. The number of halogens is 1. The first kappa shape index (κ1) is 14.1. The van der Waals surface area contributed by atoms with Crippen molar-refractivity contribution in [3.8, 4) is 17.0 Å². The molecule has 106 valence electrons. The third kappa shape index (κ3) is 2.68. The molecule has 0 saturated carbocycles. The standard InChI is InChI=1S/C17H14INO2/c1-2-21-13-7-8-16(18)15(11-13)17-14-6-4-3-5-12(14)9-10-19(17)20/h3-11H,2H2,1H3. The Balaban J connectivity index is 2.29. The minimum atomic E-state index is 0.604. The summed E-state index contributed by atoms with van der Waals surface area (Å²) in [5.41, 5.74) is 1.56. The van der Waals surface area contributed by atoms with Crippen LogP contribution in [0, 0.1) is 8.78 Å². The summed E-state index contributed by atoms with van der Waals surface area (Å²) in [6.07, 6.45) is 1.56. The van der Waals surface area contributed by atoms with Crippen LogP contribution >= 0.6 is 22.6 Å². The van der Waals surface area contributed by atoms with Crippen LogP contribution < -0.4 is 9.47 Å². The first-order valence-electron chi connectivity index (χ1n) is 6.74. The van der Waals surface area contributed by atoms with Crippen LogP contribution in [0.1, 0.15) is 6.92 Å². The van der Waals surface area contributed by atoms with Gasteiger partial charge in [0.05, 0.1) is 17.6 Å². The number of ether oxygens (including phenoxy) is 1. The second kappa shape index (κ2) is 5.89. The predicted molar refractivity (Wildman–Crippen MR) is 92.2 cm³/mol. The summed E-state index contributed by atoms with van der Waals surface area (Å²) in [5.74, 6) is 0.779. The van der Waals surface area contributed by atoms with Crippen molar-refractivity contribution in [2.45, 2.75) is 6.92 Å². The molecule has 0 spiro atoms. The summed E-state index contributed by atoms with van der Waals surface area (Å²) in [5, 5.41) is 14.3. The van der Waals surface area contributed by atoms with E-state index < -0.39 is 0 Å². The fraction of sp³-hybridized carbons (Fsp3) is 0.118. The van der Waals surface area contributed by atoms with Crippen molar-refractivity contribution in [2.24, 2.45) is 0 Å². The minimum Gasteiger partial charge on any atom is -0.618 e. The lowest BCUT2D eigenvalue weighted by Gasteiger charge is -2.11. The van der Waals surface area contributed by atoms with Crippen molar-refractivity contribution in [3.05, 3.63) is 63.5 Å².